The van der Waals surface area contributed by atoms with Crippen LogP contribution in [0.4, 0.5) is 4.79 Å². The zero-order valence-electron chi connectivity index (χ0n) is 15.4. The van der Waals surface area contributed by atoms with E-state index in [0.29, 0.717) is 22.0 Å². The number of imide groups is 1. The molecule has 4 rings (SSSR count). The predicted molar refractivity (Wildman–Crippen MR) is 104 cm³/mol. The molecule has 1 aliphatic rings. The Bertz CT molecular complexity index is 1060. The van der Waals surface area contributed by atoms with E-state index in [-0.39, 0.29) is 19.1 Å². The number of carbonyl (C=O) groups is 2. The van der Waals surface area contributed by atoms with Gasteiger partial charge in [0.05, 0.1) is 17.3 Å². The van der Waals surface area contributed by atoms with Crippen molar-refractivity contribution < 1.29 is 14.3 Å². The molecule has 0 unspecified atom stereocenters. The molecule has 1 aromatic heterocycles. The summed E-state index contributed by atoms with van der Waals surface area (Å²) in [6.07, 6.45) is 1.45. The van der Waals surface area contributed by atoms with Gasteiger partial charge in [0.25, 0.3) is 5.91 Å². The molecule has 1 atom stereocenters. The minimum Gasteiger partial charge on any atom is -0.490 e. The molecule has 10 heteroatoms. The van der Waals surface area contributed by atoms with Gasteiger partial charge in [-0.25, -0.2) is 9.48 Å². The topological polar surface area (TPSA) is 102 Å². The van der Waals surface area contributed by atoms with Gasteiger partial charge < -0.3 is 10.1 Å². The summed E-state index contributed by atoms with van der Waals surface area (Å²) in [6.45, 7) is 1.89. The minimum atomic E-state index is -1.20. The molecule has 1 aliphatic heterocycles. The maximum Gasteiger partial charge on any atom is 0.325 e. The first-order chi connectivity index (χ1) is 14.0. The van der Waals surface area contributed by atoms with Crippen LogP contribution >= 0.6 is 11.6 Å². The van der Waals surface area contributed by atoms with Crippen molar-refractivity contribution in [2.24, 2.45) is 0 Å². The molecule has 3 aromatic rings. The van der Waals surface area contributed by atoms with Gasteiger partial charge in [-0.3, -0.25) is 9.69 Å². The first kappa shape index (κ1) is 18.9. The van der Waals surface area contributed by atoms with Crippen molar-refractivity contribution in [2.75, 3.05) is 13.2 Å². The molecule has 29 heavy (non-hydrogen) atoms. The summed E-state index contributed by atoms with van der Waals surface area (Å²) in [5.74, 6) is 0.136. The highest BCUT2D eigenvalue weighted by molar-refractivity contribution is 6.32. The summed E-state index contributed by atoms with van der Waals surface area (Å²) >= 11 is 6.06. The van der Waals surface area contributed by atoms with Gasteiger partial charge in [-0.05, 0) is 47.2 Å². The summed E-state index contributed by atoms with van der Waals surface area (Å²) in [4.78, 5) is 26.7. The Morgan fingerprint density at radius 1 is 1.17 bits per heavy atom. The number of tetrazole rings is 1. The highest BCUT2D eigenvalue weighted by Gasteiger charge is 2.48. The average Bonchev–Trinajstić information content (AvgIpc) is 3.33. The molecule has 0 saturated carbocycles. The molecule has 148 valence electrons. The van der Waals surface area contributed by atoms with Crippen molar-refractivity contribution in [2.45, 2.75) is 12.5 Å². The van der Waals surface area contributed by atoms with Crippen LogP contribution in [0.3, 0.4) is 0 Å². The Labute approximate surface area is 171 Å². The number of rotatable bonds is 6. The van der Waals surface area contributed by atoms with Crippen molar-refractivity contribution in [3.63, 3.8) is 0 Å². The molecule has 3 amide bonds. The number of urea groups is 1. The van der Waals surface area contributed by atoms with Gasteiger partial charge in [0.15, 0.2) is 0 Å². The number of carbonyl (C=O) groups excluding carboxylic acids is 2. The van der Waals surface area contributed by atoms with Crippen LogP contribution in [0.15, 0.2) is 54.9 Å². The van der Waals surface area contributed by atoms with Crippen LogP contribution in [-0.4, -0.2) is 50.2 Å². The molecule has 1 saturated heterocycles. The lowest BCUT2D eigenvalue weighted by molar-refractivity contribution is -0.131. The van der Waals surface area contributed by atoms with E-state index in [4.69, 9.17) is 16.3 Å². The molecular weight excluding hydrogens is 396 g/mol. The van der Waals surface area contributed by atoms with Crippen molar-refractivity contribution in [3.05, 3.63) is 65.4 Å². The fourth-order valence-corrected chi connectivity index (χ4v) is 3.33. The fraction of sp³-hybridized carbons (Fsp3) is 0.211. The summed E-state index contributed by atoms with van der Waals surface area (Å²) in [7, 11) is 0. The first-order valence-electron chi connectivity index (χ1n) is 8.84. The molecule has 2 aromatic carbocycles. The maximum atomic E-state index is 13.1. The van der Waals surface area contributed by atoms with Crippen LogP contribution in [0, 0.1) is 0 Å². The summed E-state index contributed by atoms with van der Waals surface area (Å²) < 4.78 is 7.08. The zero-order valence-corrected chi connectivity index (χ0v) is 16.2. The van der Waals surface area contributed by atoms with E-state index in [9.17, 15) is 9.59 Å². The number of ether oxygens (including phenoxy) is 1. The van der Waals surface area contributed by atoms with E-state index in [1.54, 1.807) is 55.5 Å². The molecule has 2 heterocycles. The van der Waals surface area contributed by atoms with Crippen LogP contribution < -0.4 is 10.1 Å². The Balaban J connectivity index is 1.50. The van der Waals surface area contributed by atoms with Crippen LogP contribution in [-0.2, 0) is 10.3 Å². The minimum absolute atomic E-state index is 0.0954. The third kappa shape index (κ3) is 3.52. The number of hydrogen-bond acceptors (Lipinski definition) is 6. The Morgan fingerprint density at radius 2 is 2.00 bits per heavy atom. The average molecular weight is 413 g/mol. The van der Waals surface area contributed by atoms with E-state index in [1.165, 1.54) is 11.0 Å². The number of halogens is 1. The molecule has 1 N–H and O–H groups in total. The normalized spacial score (nSPS) is 18.8. The van der Waals surface area contributed by atoms with Gasteiger partial charge in [-0.2, -0.15) is 0 Å². The van der Waals surface area contributed by atoms with Crippen LogP contribution in [0.5, 0.6) is 5.75 Å². The Hall–Kier alpha value is -3.46. The highest BCUT2D eigenvalue weighted by atomic mass is 35.5. The smallest absolute Gasteiger partial charge is 0.325 e. The standard InChI is InChI=1S/C19H17ClN6O3/c1-19(13-5-4-6-14(11-13)26-12-21-23-24-26)17(27)25(18(28)22-19)9-10-29-16-8-3-2-7-15(16)20/h2-8,11-12H,9-10H2,1H3,(H,22,28)/t19-/m1/s1. The summed E-state index contributed by atoms with van der Waals surface area (Å²) in [5.41, 5.74) is 0.0977. The van der Waals surface area contributed by atoms with E-state index in [2.05, 4.69) is 20.8 Å². The second kappa shape index (κ2) is 7.51. The maximum absolute atomic E-state index is 13.1. The Kier molecular flexibility index (Phi) is 4.89. The van der Waals surface area contributed by atoms with Gasteiger partial charge in [-0.1, -0.05) is 35.9 Å². The number of benzene rings is 2. The molecule has 1 fully saturated rings. The Morgan fingerprint density at radius 3 is 2.76 bits per heavy atom. The second-order valence-corrected chi connectivity index (χ2v) is 7.00. The van der Waals surface area contributed by atoms with Gasteiger partial charge in [0, 0.05) is 0 Å². The number of hydrogen-bond donors (Lipinski definition) is 1. The molecule has 0 spiro atoms. The lowest BCUT2D eigenvalue weighted by atomic mass is 9.91. The monoisotopic (exact) mass is 412 g/mol. The van der Waals surface area contributed by atoms with Crippen molar-refractivity contribution >= 4 is 23.5 Å². The van der Waals surface area contributed by atoms with Gasteiger partial charge in [0.1, 0.15) is 24.2 Å². The summed E-state index contributed by atoms with van der Waals surface area (Å²) in [5, 5.41) is 14.3. The predicted octanol–water partition coefficient (Wildman–Crippen LogP) is 2.16. The SMILES string of the molecule is C[C@]1(c2cccc(-n3cnnn3)c2)NC(=O)N(CCOc2ccccc2Cl)C1=O. The van der Waals surface area contributed by atoms with Gasteiger partial charge in [0.2, 0.25) is 0 Å². The number of amides is 3. The quantitative estimate of drug-likeness (QED) is 0.622. The lowest BCUT2D eigenvalue weighted by Crippen LogP contribution is -2.41. The van der Waals surface area contributed by atoms with E-state index in [0.717, 1.165) is 4.90 Å². The number of para-hydroxylation sites is 1. The van der Waals surface area contributed by atoms with Crippen LogP contribution in [0.2, 0.25) is 5.02 Å². The van der Waals surface area contributed by atoms with Gasteiger partial charge >= 0.3 is 6.03 Å². The fourth-order valence-electron chi connectivity index (χ4n) is 3.14. The van der Waals surface area contributed by atoms with Crippen LogP contribution in [0.25, 0.3) is 5.69 Å². The lowest BCUT2D eigenvalue weighted by Gasteiger charge is -2.23. The van der Waals surface area contributed by atoms with E-state index in [1.807, 2.05) is 0 Å². The summed E-state index contributed by atoms with van der Waals surface area (Å²) in [6, 6.07) is 13.7. The molecule has 9 nitrogen and oxygen atoms in total. The second-order valence-electron chi connectivity index (χ2n) is 6.60. The third-order valence-corrected chi connectivity index (χ3v) is 5.03. The molecule has 0 bridgehead atoms. The third-order valence-electron chi connectivity index (χ3n) is 4.72. The molecule has 0 radical (unpaired) electrons. The number of nitrogens with one attached hydrogen (secondary N) is 1. The van der Waals surface area contributed by atoms with E-state index >= 15 is 0 Å². The molecule has 0 aliphatic carbocycles. The number of aromatic nitrogens is 4. The van der Waals surface area contributed by atoms with E-state index < -0.39 is 11.6 Å². The van der Waals surface area contributed by atoms with Gasteiger partial charge in [-0.15, -0.1) is 5.10 Å². The molecular formula is C19H17ClN6O3. The number of nitrogens with zero attached hydrogens (tertiary/aromatic N) is 5. The zero-order chi connectivity index (χ0) is 20.4. The van der Waals surface area contributed by atoms with Crippen molar-refractivity contribution in [3.8, 4) is 11.4 Å². The van der Waals surface area contributed by atoms with Crippen LogP contribution in [0.1, 0.15) is 12.5 Å². The largest absolute Gasteiger partial charge is 0.490 e. The van der Waals surface area contributed by atoms with Crippen molar-refractivity contribution in [1.82, 2.24) is 30.4 Å². The first-order valence-corrected chi connectivity index (χ1v) is 9.22. The van der Waals surface area contributed by atoms with Crippen molar-refractivity contribution in [1.29, 1.82) is 0 Å². The highest BCUT2D eigenvalue weighted by Crippen LogP contribution is 2.30.